The van der Waals surface area contributed by atoms with Gasteiger partial charge in [-0.05, 0) is 59.7 Å². The first kappa shape index (κ1) is 24.7. The normalized spacial score (nSPS) is 13.8. The minimum Gasteiger partial charge on any atom is -1.00 e. The molecule has 0 saturated heterocycles. The van der Waals surface area contributed by atoms with Crippen LogP contribution in [-0.2, 0) is 0 Å². The Morgan fingerprint density at radius 1 is 0.611 bits per heavy atom. The fourth-order valence-electron chi connectivity index (χ4n) is 5.79. The minimum atomic E-state index is -0.0421. The number of aromatic nitrogens is 1. The summed E-state index contributed by atoms with van der Waals surface area (Å²) in [6.45, 7) is 11.4. The van der Waals surface area contributed by atoms with Crippen LogP contribution in [-0.4, -0.2) is 7.12 Å². The first-order valence-electron chi connectivity index (χ1n) is 12.6. The molecule has 0 radical (unpaired) electrons. The van der Waals surface area contributed by atoms with Crippen LogP contribution in [0.3, 0.4) is 0 Å². The molecule has 1 N–H and O–H groups in total. The van der Waals surface area contributed by atoms with Gasteiger partial charge in [-0.25, -0.2) is 9.79 Å². The van der Waals surface area contributed by atoms with Crippen molar-refractivity contribution in [2.75, 3.05) is 14.4 Å². The minimum absolute atomic E-state index is 0. The number of pyridine rings is 1. The van der Waals surface area contributed by atoms with Gasteiger partial charge in [-0.1, -0.05) is 76.2 Å². The summed E-state index contributed by atoms with van der Waals surface area (Å²) in [7, 11) is -0.0421. The van der Waals surface area contributed by atoms with E-state index in [1.807, 2.05) is 12.3 Å². The Morgan fingerprint density at radius 2 is 1.19 bits per heavy atom. The lowest BCUT2D eigenvalue weighted by molar-refractivity contribution is -0.362. The highest BCUT2D eigenvalue weighted by Crippen LogP contribution is 2.57. The third kappa shape index (κ3) is 3.60. The summed E-state index contributed by atoms with van der Waals surface area (Å²) in [5.41, 5.74) is 10.4. The van der Waals surface area contributed by atoms with Gasteiger partial charge in [-0.15, -0.1) is 0 Å². The molecule has 6 rings (SSSR count). The lowest BCUT2D eigenvalue weighted by Gasteiger charge is -2.31. The van der Waals surface area contributed by atoms with E-state index in [9.17, 15) is 0 Å². The van der Waals surface area contributed by atoms with Crippen molar-refractivity contribution in [3.63, 3.8) is 0 Å². The van der Waals surface area contributed by atoms with Crippen molar-refractivity contribution >= 4 is 41.4 Å². The number of fused-ring (bicyclic) bond motifs is 5. The highest BCUT2D eigenvalue weighted by atomic mass is 127. The number of H-pyrrole nitrogens is 1. The molecular formula is C30H32BIN4. The number of anilines is 6. The zero-order valence-corrected chi connectivity index (χ0v) is 23.7. The van der Waals surface area contributed by atoms with Gasteiger partial charge in [-0.3, -0.25) is 0 Å². The van der Waals surface area contributed by atoms with Crippen LogP contribution in [0.2, 0.25) is 0 Å². The molecule has 0 fully saturated rings. The van der Waals surface area contributed by atoms with Crippen molar-refractivity contribution in [2.45, 2.75) is 46.5 Å². The predicted molar refractivity (Wildman–Crippen MR) is 147 cm³/mol. The fourth-order valence-corrected chi connectivity index (χ4v) is 5.79. The van der Waals surface area contributed by atoms with E-state index >= 15 is 0 Å². The third-order valence-electron chi connectivity index (χ3n) is 7.35. The highest BCUT2D eigenvalue weighted by Gasteiger charge is 2.60. The summed E-state index contributed by atoms with van der Waals surface area (Å²) >= 11 is 0. The molecule has 4 nitrogen and oxygen atoms in total. The molecule has 1 aromatic heterocycles. The molecule has 0 atom stereocenters. The van der Waals surface area contributed by atoms with E-state index in [0.717, 1.165) is 5.82 Å². The molecule has 6 heteroatoms. The molecule has 4 aromatic rings. The molecule has 182 valence electrons. The van der Waals surface area contributed by atoms with E-state index in [0.29, 0.717) is 11.8 Å². The van der Waals surface area contributed by atoms with Gasteiger partial charge in [0.15, 0.2) is 0 Å². The summed E-state index contributed by atoms with van der Waals surface area (Å²) in [6.07, 6.45) is 2.02. The zero-order valence-electron chi connectivity index (χ0n) is 21.5. The number of halogens is 1. The van der Waals surface area contributed by atoms with Crippen LogP contribution < -0.4 is 43.4 Å². The number of hydrogen-bond acceptors (Lipinski definition) is 3. The van der Waals surface area contributed by atoms with Crippen molar-refractivity contribution in [3.05, 3.63) is 102 Å². The smallest absolute Gasteiger partial charge is 0.643 e. The molecule has 2 aliphatic heterocycles. The Balaban J connectivity index is 0.00000267. The summed E-state index contributed by atoms with van der Waals surface area (Å²) < 4.78 is 0. The Morgan fingerprint density at radius 3 is 1.81 bits per heavy atom. The standard InChI is InChI=1S/C30H31BN4.HI/c1-20(2)23-13-11-14-24(21(3)4)30(23)34-26-16-7-6-15-25(26)33-27-17-10-12-22(5)29(27)35(31(33)34)28-18-8-9-19-32-28;/h6-21H,1-5H3;1H. The topological polar surface area (TPSA) is 23.9 Å². The van der Waals surface area contributed by atoms with Gasteiger partial charge >= 0.3 is 7.12 Å². The Hall–Kier alpha value is -3.00. The second kappa shape index (κ2) is 9.47. The number of benzene rings is 3. The Kier molecular flexibility index (Phi) is 6.49. The van der Waals surface area contributed by atoms with Crippen LogP contribution >= 0.6 is 0 Å². The number of nitrogens with one attached hydrogen (secondary N) is 1. The monoisotopic (exact) mass is 586 g/mol. The van der Waals surface area contributed by atoms with E-state index in [2.05, 4.69) is 127 Å². The van der Waals surface area contributed by atoms with E-state index in [-0.39, 0.29) is 31.1 Å². The second-order valence-corrected chi connectivity index (χ2v) is 10.2. The van der Waals surface area contributed by atoms with Gasteiger partial charge in [0.25, 0.3) is 5.82 Å². The molecule has 0 saturated carbocycles. The van der Waals surface area contributed by atoms with Crippen molar-refractivity contribution in [1.82, 2.24) is 0 Å². The molecule has 36 heavy (non-hydrogen) atoms. The van der Waals surface area contributed by atoms with Crippen LogP contribution in [0.4, 0.5) is 34.3 Å². The number of nitrogens with zero attached hydrogens (tertiary/aromatic N) is 3. The van der Waals surface area contributed by atoms with Crippen LogP contribution in [0.5, 0.6) is 0 Å². The van der Waals surface area contributed by atoms with Crippen LogP contribution in [0.25, 0.3) is 0 Å². The molecule has 0 amide bonds. The lowest BCUT2D eigenvalue weighted by atomic mass is 9.82. The number of para-hydroxylation sites is 4. The van der Waals surface area contributed by atoms with Gasteiger partial charge in [0, 0.05) is 11.8 Å². The van der Waals surface area contributed by atoms with E-state index in [4.69, 9.17) is 0 Å². The summed E-state index contributed by atoms with van der Waals surface area (Å²) in [4.78, 5) is 11.1. The van der Waals surface area contributed by atoms with Gasteiger partial charge in [0.1, 0.15) is 5.69 Å². The second-order valence-electron chi connectivity index (χ2n) is 10.2. The number of aryl methyl sites for hydroxylation is 1. The predicted octanol–water partition coefficient (Wildman–Crippen LogP) is 4.49. The molecule has 0 aliphatic carbocycles. The molecule has 0 bridgehead atoms. The number of hydrogen-bond donors (Lipinski definition) is 0. The maximum Gasteiger partial charge on any atom is 0.643 e. The molecule has 0 unspecified atom stereocenters. The molecule has 2 aliphatic rings. The summed E-state index contributed by atoms with van der Waals surface area (Å²) in [5.74, 6) is 1.90. The van der Waals surface area contributed by atoms with Crippen molar-refractivity contribution < 1.29 is 29.0 Å². The van der Waals surface area contributed by atoms with Gasteiger partial charge in [0.2, 0.25) is 0 Å². The van der Waals surface area contributed by atoms with Crippen molar-refractivity contribution in [3.8, 4) is 0 Å². The summed E-state index contributed by atoms with van der Waals surface area (Å²) in [5, 5.41) is 0. The molecule has 3 heterocycles. The summed E-state index contributed by atoms with van der Waals surface area (Å²) in [6, 6.07) is 28.7. The SMILES string of the molecule is Cc1cccc2c1N(c1cccc[nH+]1)B1N2c2ccccc2N1c1c(C(C)C)cccc1C(C)C.[I-]. The average Bonchev–Trinajstić information content (AvgIpc) is 3.37. The highest BCUT2D eigenvalue weighted by molar-refractivity contribution is 6.80. The Bertz CT molecular complexity index is 1380. The first-order chi connectivity index (χ1) is 17.0. The molecule has 0 spiro atoms. The van der Waals surface area contributed by atoms with E-state index in [1.165, 1.54) is 45.1 Å². The Labute approximate surface area is 232 Å². The number of rotatable bonds is 4. The fraction of sp³-hybridized carbons (Fsp3) is 0.233. The van der Waals surface area contributed by atoms with Gasteiger partial charge in [-0.2, -0.15) is 0 Å². The average molecular weight is 586 g/mol. The van der Waals surface area contributed by atoms with Crippen LogP contribution in [0, 0.1) is 6.92 Å². The third-order valence-corrected chi connectivity index (χ3v) is 7.35. The number of aromatic amines is 1. The largest absolute Gasteiger partial charge is 1.00 e. The lowest BCUT2D eigenvalue weighted by Crippen LogP contribution is -3.00. The van der Waals surface area contributed by atoms with Gasteiger partial charge < -0.3 is 33.6 Å². The van der Waals surface area contributed by atoms with Crippen molar-refractivity contribution in [2.24, 2.45) is 0 Å². The van der Waals surface area contributed by atoms with Crippen LogP contribution in [0.1, 0.15) is 56.2 Å². The quantitative estimate of drug-likeness (QED) is 0.261. The molecular weight excluding hydrogens is 554 g/mol. The zero-order chi connectivity index (χ0) is 24.3. The van der Waals surface area contributed by atoms with Crippen LogP contribution in [0.15, 0.2) is 85.1 Å². The molecule has 3 aromatic carbocycles. The van der Waals surface area contributed by atoms with Gasteiger partial charge in [0.05, 0.1) is 23.3 Å². The van der Waals surface area contributed by atoms with E-state index < -0.39 is 0 Å². The first-order valence-corrected chi connectivity index (χ1v) is 12.6. The van der Waals surface area contributed by atoms with Crippen molar-refractivity contribution in [1.29, 1.82) is 0 Å². The maximum absolute atomic E-state index is 3.54. The maximum atomic E-state index is 3.54. The van der Waals surface area contributed by atoms with E-state index in [1.54, 1.807) is 0 Å².